The molecule has 0 saturated heterocycles. The Morgan fingerprint density at radius 3 is 2.57 bits per heavy atom. The Hall–Kier alpha value is -2.26. The van der Waals surface area contributed by atoms with Gasteiger partial charge in [-0.25, -0.2) is 8.78 Å². The van der Waals surface area contributed by atoms with Crippen LogP contribution in [0.25, 0.3) is 0 Å². The Morgan fingerprint density at radius 1 is 1.14 bits per heavy atom. The second-order valence-corrected chi connectivity index (χ2v) is 8.98. The molecule has 35 heavy (non-hydrogen) atoms. The van der Waals surface area contributed by atoms with Gasteiger partial charge in [0.2, 0.25) is 5.91 Å². The third-order valence-electron chi connectivity index (χ3n) is 6.20. The highest BCUT2D eigenvalue weighted by atomic mass is 19.4. The number of aryl methyl sites for hydroxylation is 1. The number of allylic oxidation sites excluding steroid dienone is 3. The van der Waals surface area contributed by atoms with Crippen molar-refractivity contribution >= 4 is 5.91 Å². The van der Waals surface area contributed by atoms with Crippen LogP contribution in [0.4, 0.5) is 22.0 Å². The van der Waals surface area contributed by atoms with E-state index in [0.29, 0.717) is 38.3 Å². The van der Waals surface area contributed by atoms with Crippen LogP contribution in [0.5, 0.6) is 0 Å². The Morgan fingerprint density at radius 2 is 1.89 bits per heavy atom. The molecule has 4 atom stereocenters. The van der Waals surface area contributed by atoms with Gasteiger partial charge in [-0.3, -0.25) is 4.79 Å². The number of alkyl halides is 5. The van der Waals surface area contributed by atoms with E-state index < -0.39 is 48.1 Å². The molecular formula is C26H34F5NO3. The number of rotatable bonds is 12. The molecule has 2 rings (SSSR count). The lowest BCUT2D eigenvalue weighted by Crippen LogP contribution is -2.22. The van der Waals surface area contributed by atoms with Crippen LogP contribution in [0.15, 0.2) is 48.6 Å². The maximum absolute atomic E-state index is 14.5. The molecule has 1 aromatic carbocycles. The number of unbranched alkanes of at least 4 members (excludes halogenated alkanes) is 1. The zero-order valence-electron chi connectivity index (χ0n) is 19.8. The van der Waals surface area contributed by atoms with Gasteiger partial charge in [0.25, 0.3) is 5.92 Å². The fourth-order valence-corrected chi connectivity index (χ4v) is 4.29. The van der Waals surface area contributed by atoms with Crippen molar-refractivity contribution in [3.63, 3.8) is 0 Å². The largest absolute Gasteiger partial charge is 0.416 e. The molecule has 1 amide bonds. The van der Waals surface area contributed by atoms with E-state index in [1.165, 1.54) is 18.2 Å². The summed E-state index contributed by atoms with van der Waals surface area (Å²) >= 11 is 0. The van der Waals surface area contributed by atoms with Crippen molar-refractivity contribution in [1.29, 1.82) is 0 Å². The van der Waals surface area contributed by atoms with Gasteiger partial charge in [0.1, 0.15) is 0 Å². The van der Waals surface area contributed by atoms with E-state index in [2.05, 4.69) is 5.32 Å². The first kappa shape index (κ1) is 29.0. The van der Waals surface area contributed by atoms with E-state index in [4.69, 9.17) is 0 Å². The van der Waals surface area contributed by atoms with Gasteiger partial charge in [-0.2, -0.15) is 13.2 Å². The third kappa shape index (κ3) is 9.72. The molecule has 4 nitrogen and oxygen atoms in total. The number of nitrogens with one attached hydrogen (secondary N) is 1. The van der Waals surface area contributed by atoms with Crippen molar-refractivity contribution < 1.29 is 37.0 Å². The van der Waals surface area contributed by atoms with Crippen LogP contribution in [-0.4, -0.2) is 40.8 Å². The number of hydrogen-bond donors (Lipinski definition) is 3. The van der Waals surface area contributed by atoms with E-state index in [1.807, 2.05) is 19.1 Å². The van der Waals surface area contributed by atoms with Crippen molar-refractivity contribution in [2.75, 3.05) is 6.54 Å². The lowest BCUT2D eigenvalue weighted by atomic mass is 9.89. The number of hydrogen-bond acceptors (Lipinski definition) is 3. The van der Waals surface area contributed by atoms with Crippen molar-refractivity contribution in [3.05, 3.63) is 59.7 Å². The van der Waals surface area contributed by atoms with Gasteiger partial charge in [-0.15, -0.1) is 0 Å². The Labute approximate surface area is 202 Å². The first-order valence-electron chi connectivity index (χ1n) is 11.9. The smallest absolute Gasteiger partial charge is 0.393 e. The molecular weight excluding hydrogens is 469 g/mol. The molecule has 1 aromatic rings. The number of amides is 1. The Kier molecular flexibility index (Phi) is 10.9. The molecule has 1 aliphatic rings. The fourth-order valence-electron chi connectivity index (χ4n) is 4.29. The SMILES string of the molecule is CCNC(=O)CCCC=CCC1C(O)CC(O)C1C=CC(F)(F)CCc1cccc(C(F)(F)F)c1. The molecule has 9 heteroatoms. The van der Waals surface area contributed by atoms with Crippen molar-refractivity contribution in [2.24, 2.45) is 11.8 Å². The highest BCUT2D eigenvalue weighted by Crippen LogP contribution is 2.37. The van der Waals surface area contributed by atoms with Crippen LogP contribution < -0.4 is 5.32 Å². The maximum Gasteiger partial charge on any atom is 0.416 e. The quantitative estimate of drug-likeness (QED) is 0.202. The predicted molar refractivity (Wildman–Crippen MR) is 124 cm³/mol. The van der Waals surface area contributed by atoms with Gasteiger partial charge in [-0.1, -0.05) is 36.4 Å². The van der Waals surface area contributed by atoms with E-state index in [9.17, 15) is 37.0 Å². The first-order valence-corrected chi connectivity index (χ1v) is 11.9. The summed E-state index contributed by atoms with van der Waals surface area (Å²) in [5.74, 6) is -4.39. The number of carbonyl (C=O) groups is 1. The van der Waals surface area contributed by atoms with Gasteiger partial charge < -0.3 is 15.5 Å². The van der Waals surface area contributed by atoms with Gasteiger partial charge >= 0.3 is 6.18 Å². The van der Waals surface area contributed by atoms with E-state index in [1.54, 1.807) is 0 Å². The highest BCUT2D eigenvalue weighted by molar-refractivity contribution is 5.75. The van der Waals surface area contributed by atoms with Gasteiger partial charge in [0, 0.05) is 31.7 Å². The Balaban J connectivity index is 1.91. The van der Waals surface area contributed by atoms with E-state index >= 15 is 0 Å². The molecule has 0 bridgehead atoms. The van der Waals surface area contributed by atoms with E-state index in [-0.39, 0.29) is 24.3 Å². The molecule has 0 aliphatic heterocycles. The minimum Gasteiger partial charge on any atom is -0.393 e. The van der Waals surface area contributed by atoms with Gasteiger partial charge in [0.15, 0.2) is 0 Å². The second-order valence-electron chi connectivity index (χ2n) is 8.98. The summed E-state index contributed by atoms with van der Waals surface area (Å²) in [4.78, 5) is 11.4. The normalized spacial score (nSPS) is 23.4. The number of carbonyl (C=O) groups excluding carboxylic acids is 1. The standard InChI is InChI=1S/C26H34F5NO3/c1-2-32-24(35)11-6-4-3-5-10-20-21(23(34)17-22(20)33)13-15-25(27,28)14-12-18-8-7-9-19(16-18)26(29,30)31/h3,5,7-9,13,15-16,20-23,33-34H,2,4,6,10-12,14,17H2,1H3,(H,32,35). The number of aliphatic hydroxyl groups excluding tert-OH is 2. The van der Waals surface area contributed by atoms with E-state index in [0.717, 1.165) is 12.1 Å². The highest BCUT2D eigenvalue weighted by Gasteiger charge is 2.40. The topological polar surface area (TPSA) is 69.6 Å². The maximum atomic E-state index is 14.5. The number of halogens is 5. The fraction of sp³-hybridized carbons (Fsp3) is 0.577. The van der Waals surface area contributed by atoms with Gasteiger partial charge in [-0.05, 0) is 56.2 Å². The zero-order chi connectivity index (χ0) is 26.1. The number of aliphatic hydroxyl groups is 2. The first-order chi connectivity index (χ1) is 16.4. The molecule has 1 fully saturated rings. The summed E-state index contributed by atoms with van der Waals surface area (Å²) in [6.45, 7) is 2.42. The molecule has 0 aromatic heterocycles. The molecule has 1 saturated carbocycles. The molecule has 0 heterocycles. The summed E-state index contributed by atoms with van der Waals surface area (Å²) in [6, 6.07) is 4.34. The summed E-state index contributed by atoms with van der Waals surface area (Å²) < 4.78 is 67.4. The minimum atomic E-state index is -4.54. The van der Waals surface area contributed by atoms with Crippen molar-refractivity contribution in [3.8, 4) is 0 Å². The molecule has 0 radical (unpaired) electrons. The zero-order valence-corrected chi connectivity index (χ0v) is 19.8. The average Bonchev–Trinajstić information content (AvgIpc) is 3.05. The van der Waals surface area contributed by atoms with Crippen molar-refractivity contribution in [1.82, 2.24) is 5.32 Å². The average molecular weight is 504 g/mol. The molecule has 1 aliphatic carbocycles. The van der Waals surface area contributed by atoms with Crippen molar-refractivity contribution in [2.45, 2.75) is 76.2 Å². The Bertz CT molecular complexity index is 869. The molecule has 3 N–H and O–H groups in total. The molecule has 4 unspecified atom stereocenters. The lowest BCUT2D eigenvalue weighted by molar-refractivity contribution is -0.137. The predicted octanol–water partition coefficient (Wildman–Crippen LogP) is 5.44. The third-order valence-corrected chi connectivity index (χ3v) is 6.20. The van der Waals surface area contributed by atoms with Crippen LogP contribution in [0.2, 0.25) is 0 Å². The lowest BCUT2D eigenvalue weighted by Gasteiger charge is -2.20. The van der Waals surface area contributed by atoms with Crippen LogP contribution in [-0.2, 0) is 17.4 Å². The monoisotopic (exact) mass is 503 g/mol. The van der Waals surface area contributed by atoms with Gasteiger partial charge in [0.05, 0.1) is 17.8 Å². The summed E-state index contributed by atoms with van der Waals surface area (Å²) in [6.07, 6.45) is 0.588. The molecule has 0 spiro atoms. The second kappa shape index (κ2) is 13.2. The summed E-state index contributed by atoms with van der Waals surface area (Å²) in [5.41, 5.74) is -0.712. The van der Waals surface area contributed by atoms with Crippen LogP contribution in [0.1, 0.15) is 56.6 Å². The van der Waals surface area contributed by atoms with Crippen LogP contribution >= 0.6 is 0 Å². The summed E-state index contributed by atoms with van der Waals surface area (Å²) in [5, 5.41) is 23.3. The van der Waals surface area contributed by atoms with Crippen LogP contribution in [0, 0.1) is 11.8 Å². The van der Waals surface area contributed by atoms with Crippen LogP contribution in [0.3, 0.4) is 0 Å². The minimum absolute atomic E-state index is 0.0191. The molecule has 196 valence electrons. The number of benzene rings is 1. The summed E-state index contributed by atoms with van der Waals surface area (Å²) in [7, 11) is 0.